The lowest BCUT2D eigenvalue weighted by Gasteiger charge is -2.42. The molecule has 0 saturated carbocycles. The van der Waals surface area contributed by atoms with E-state index in [1.54, 1.807) is 37.3 Å². The number of hydrogen-bond donors (Lipinski definition) is 1. The first-order valence-corrected chi connectivity index (χ1v) is 15.4. The summed E-state index contributed by atoms with van der Waals surface area (Å²) in [5.41, 5.74) is 10.4. The molecule has 1 atom stereocenters. The normalized spacial score (nSPS) is 18.3. The van der Waals surface area contributed by atoms with E-state index in [1.165, 1.54) is 6.26 Å². The van der Waals surface area contributed by atoms with Crippen LogP contribution in [0.2, 0.25) is 10.0 Å². The van der Waals surface area contributed by atoms with Gasteiger partial charge in [0.1, 0.15) is 0 Å². The molecule has 1 aliphatic heterocycles. The molecule has 0 bridgehead atoms. The van der Waals surface area contributed by atoms with Gasteiger partial charge < -0.3 is 15.4 Å². The maximum atomic E-state index is 13.0. The number of ether oxygens (including phenoxy) is 1. The molecule has 1 fully saturated rings. The van der Waals surface area contributed by atoms with E-state index in [2.05, 4.69) is 4.90 Å². The van der Waals surface area contributed by atoms with Crippen LogP contribution in [0.25, 0.3) is 11.3 Å². The predicted molar refractivity (Wildman–Crippen MR) is 152 cm³/mol. The number of esters is 1. The third-order valence-electron chi connectivity index (χ3n) is 7.87. The number of nitrogens with two attached hydrogens (primary N) is 1. The molecule has 2 aromatic carbocycles. The molecule has 0 unspecified atom stereocenters. The van der Waals surface area contributed by atoms with Gasteiger partial charge in [-0.3, -0.25) is 0 Å². The molecule has 1 aliphatic carbocycles. The van der Waals surface area contributed by atoms with Gasteiger partial charge in [0.15, 0.2) is 21.3 Å². The lowest BCUT2D eigenvalue weighted by molar-refractivity contribution is 0.0519. The highest BCUT2D eigenvalue weighted by Crippen LogP contribution is 2.51. The molecule has 0 amide bonds. The summed E-state index contributed by atoms with van der Waals surface area (Å²) in [7, 11) is -3.32. The maximum absolute atomic E-state index is 13.0. The van der Waals surface area contributed by atoms with Crippen molar-refractivity contribution in [3.05, 3.63) is 69.0 Å². The van der Waals surface area contributed by atoms with Crippen LogP contribution in [0.1, 0.15) is 53.1 Å². The van der Waals surface area contributed by atoms with Crippen molar-refractivity contribution >= 4 is 44.8 Å². The van der Waals surface area contributed by atoms with Crippen LogP contribution in [0.3, 0.4) is 0 Å². The number of anilines is 1. The first-order valence-electron chi connectivity index (χ1n) is 12.8. The van der Waals surface area contributed by atoms with E-state index in [0.29, 0.717) is 45.9 Å². The number of fused-ring (bicyclic) bond motifs is 1. The number of carbonyl (C=O) groups is 1. The topological polar surface area (TPSA) is 115 Å². The van der Waals surface area contributed by atoms with Gasteiger partial charge in [0, 0.05) is 31.0 Å². The molecule has 1 aromatic heterocycles. The van der Waals surface area contributed by atoms with Crippen molar-refractivity contribution in [2.45, 2.75) is 44.0 Å². The fourth-order valence-electron chi connectivity index (χ4n) is 5.73. The predicted octanol–water partition coefficient (Wildman–Crippen LogP) is 5.18. The Kier molecular flexibility index (Phi) is 7.39. The highest BCUT2D eigenvalue weighted by atomic mass is 35.5. The lowest BCUT2D eigenvalue weighted by Crippen LogP contribution is -2.45. The molecular formula is C28H30Cl2N4O4S. The third-order valence-corrected chi connectivity index (χ3v) is 9.80. The van der Waals surface area contributed by atoms with Gasteiger partial charge in [-0.1, -0.05) is 41.4 Å². The molecule has 11 heteroatoms. The number of halogens is 2. The van der Waals surface area contributed by atoms with Crippen molar-refractivity contribution in [1.29, 1.82) is 0 Å². The lowest BCUT2D eigenvalue weighted by atomic mass is 9.73. The first-order chi connectivity index (χ1) is 18.4. The number of carbonyl (C=O) groups excluding carboxylic acids is 1. The van der Waals surface area contributed by atoms with Gasteiger partial charge in [0.2, 0.25) is 0 Å². The average Bonchev–Trinajstić information content (AvgIpc) is 3.16. The van der Waals surface area contributed by atoms with E-state index in [9.17, 15) is 13.2 Å². The van der Waals surface area contributed by atoms with Gasteiger partial charge >= 0.3 is 5.97 Å². The fraction of sp³-hybridized carbons (Fsp3) is 0.393. The van der Waals surface area contributed by atoms with E-state index >= 15 is 0 Å². The summed E-state index contributed by atoms with van der Waals surface area (Å²) in [6.07, 6.45) is 3.49. The van der Waals surface area contributed by atoms with Crippen LogP contribution in [0, 0.1) is 12.3 Å². The van der Waals surface area contributed by atoms with E-state index in [0.717, 1.165) is 30.4 Å². The average molecular weight is 590 g/mol. The second-order valence-corrected chi connectivity index (χ2v) is 13.1. The van der Waals surface area contributed by atoms with Crippen LogP contribution < -0.4 is 10.6 Å². The standard InChI is InChI=1S/C28H30Cl2N4O4S/c1-4-38-27(35)24-26(32-16(2)23(33-24)19-6-5-7-21(29)22(19)30)34-12-10-28(11-13-34)15-17-8-9-18(39(3,36)37)14-20(17)25(28)31/h5-9,14,25H,4,10-13,15,31H2,1-3H3/t25-/m1/s1. The van der Waals surface area contributed by atoms with Crippen LogP contribution in [-0.4, -0.2) is 50.3 Å². The van der Waals surface area contributed by atoms with Gasteiger partial charge in [-0.15, -0.1) is 0 Å². The minimum Gasteiger partial charge on any atom is -0.461 e. The molecular weight excluding hydrogens is 559 g/mol. The Labute approximate surface area is 238 Å². The van der Waals surface area contributed by atoms with Gasteiger partial charge in [-0.25, -0.2) is 23.2 Å². The van der Waals surface area contributed by atoms with Crippen LogP contribution >= 0.6 is 23.2 Å². The van der Waals surface area contributed by atoms with E-state index in [1.807, 2.05) is 13.0 Å². The SMILES string of the molecule is CCOC(=O)c1nc(-c2cccc(Cl)c2Cl)c(C)nc1N1CCC2(CC1)Cc1ccc(S(C)(=O)=O)cc1[C@H]2N. The Morgan fingerprint density at radius 2 is 1.90 bits per heavy atom. The number of benzene rings is 2. The number of aryl methyl sites for hydroxylation is 1. The molecule has 3 aromatic rings. The molecule has 2 N–H and O–H groups in total. The second kappa shape index (κ2) is 10.4. The zero-order chi connectivity index (χ0) is 28.1. The van der Waals surface area contributed by atoms with Crippen LogP contribution in [0.5, 0.6) is 0 Å². The molecule has 2 heterocycles. The number of hydrogen-bond acceptors (Lipinski definition) is 8. The van der Waals surface area contributed by atoms with Crippen LogP contribution in [0.15, 0.2) is 41.3 Å². The highest BCUT2D eigenvalue weighted by Gasteiger charge is 2.46. The smallest absolute Gasteiger partial charge is 0.360 e. The maximum Gasteiger partial charge on any atom is 0.360 e. The van der Waals surface area contributed by atoms with E-state index in [-0.39, 0.29) is 28.7 Å². The molecule has 0 radical (unpaired) electrons. The summed E-state index contributed by atoms with van der Waals surface area (Å²) in [5, 5.41) is 0.726. The minimum atomic E-state index is -3.32. The molecule has 8 nitrogen and oxygen atoms in total. The summed E-state index contributed by atoms with van der Waals surface area (Å²) in [6, 6.07) is 10.2. The summed E-state index contributed by atoms with van der Waals surface area (Å²) < 4.78 is 29.6. The van der Waals surface area contributed by atoms with Crippen molar-refractivity contribution in [2.24, 2.45) is 11.1 Å². The molecule has 2 aliphatic rings. The van der Waals surface area contributed by atoms with E-state index < -0.39 is 15.8 Å². The zero-order valence-electron chi connectivity index (χ0n) is 22.0. The Hall–Kier alpha value is -2.72. The molecule has 206 valence electrons. The second-order valence-electron chi connectivity index (χ2n) is 10.3. The zero-order valence-corrected chi connectivity index (χ0v) is 24.3. The largest absolute Gasteiger partial charge is 0.461 e. The van der Waals surface area contributed by atoms with Crippen molar-refractivity contribution in [1.82, 2.24) is 9.97 Å². The summed E-state index contributed by atoms with van der Waals surface area (Å²) >= 11 is 12.7. The van der Waals surface area contributed by atoms with Crippen molar-refractivity contribution in [2.75, 3.05) is 30.9 Å². The van der Waals surface area contributed by atoms with Crippen LogP contribution in [-0.2, 0) is 21.0 Å². The van der Waals surface area contributed by atoms with Crippen molar-refractivity contribution in [3.8, 4) is 11.3 Å². The van der Waals surface area contributed by atoms with Crippen LogP contribution in [0.4, 0.5) is 5.82 Å². The quantitative estimate of drug-likeness (QED) is 0.405. The van der Waals surface area contributed by atoms with E-state index in [4.69, 9.17) is 43.6 Å². The Bertz CT molecular complexity index is 1570. The van der Waals surface area contributed by atoms with Gasteiger partial charge in [0.25, 0.3) is 0 Å². The molecule has 5 rings (SSSR count). The summed E-state index contributed by atoms with van der Waals surface area (Å²) in [5.74, 6) is -0.0934. The fourth-order valence-corrected chi connectivity index (χ4v) is 6.78. The van der Waals surface area contributed by atoms with Crippen molar-refractivity contribution < 1.29 is 17.9 Å². The number of nitrogens with zero attached hydrogens (tertiary/aromatic N) is 3. The monoisotopic (exact) mass is 588 g/mol. The highest BCUT2D eigenvalue weighted by molar-refractivity contribution is 7.90. The number of rotatable bonds is 5. The van der Waals surface area contributed by atoms with Gasteiger partial charge in [0.05, 0.1) is 32.9 Å². The first kappa shape index (κ1) is 27.8. The summed E-state index contributed by atoms with van der Waals surface area (Å²) in [4.78, 5) is 24.9. The number of sulfone groups is 1. The third kappa shape index (κ3) is 5.01. The molecule has 1 spiro atoms. The number of aromatic nitrogens is 2. The minimum absolute atomic E-state index is 0.126. The Balaban J connectivity index is 1.46. The molecule has 39 heavy (non-hydrogen) atoms. The Morgan fingerprint density at radius 1 is 1.18 bits per heavy atom. The van der Waals surface area contributed by atoms with Crippen molar-refractivity contribution in [3.63, 3.8) is 0 Å². The summed E-state index contributed by atoms with van der Waals surface area (Å²) in [6.45, 7) is 4.99. The van der Waals surface area contributed by atoms with Gasteiger partial charge in [-0.05, 0) is 67.9 Å². The molecule has 1 saturated heterocycles. The van der Waals surface area contributed by atoms with Gasteiger partial charge in [-0.2, -0.15) is 0 Å². The Morgan fingerprint density at radius 3 is 2.56 bits per heavy atom. The number of piperidine rings is 1.